The van der Waals surface area contributed by atoms with Crippen molar-refractivity contribution in [1.82, 2.24) is 9.80 Å². The fourth-order valence-corrected chi connectivity index (χ4v) is 3.54. The topological polar surface area (TPSA) is 82.9 Å². The van der Waals surface area contributed by atoms with Crippen molar-refractivity contribution in [3.63, 3.8) is 0 Å². The first kappa shape index (κ1) is 17.1. The van der Waals surface area contributed by atoms with E-state index in [1.165, 1.54) is 0 Å². The summed E-state index contributed by atoms with van der Waals surface area (Å²) in [5, 5.41) is 9.64. The molecule has 7 heteroatoms. The molecule has 3 rings (SSSR count). The van der Waals surface area contributed by atoms with Crippen molar-refractivity contribution in [2.24, 2.45) is 0 Å². The lowest BCUT2D eigenvalue weighted by atomic mass is 10.0. The summed E-state index contributed by atoms with van der Waals surface area (Å²) in [5.41, 5.74) is 1.25. The Labute approximate surface area is 146 Å². The van der Waals surface area contributed by atoms with Gasteiger partial charge in [-0.1, -0.05) is 0 Å². The van der Waals surface area contributed by atoms with E-state index in [1.54, 1.807) is 42.0 Å². The number of benzene rings is 1. The first-order valence-electron chi connectivity index (χ1n) is 8.42. The van der Waals surface area contributed by atoms with Gasteiger partial charge in [-0.3, -0.25) is 4.79 Å². The zero-order chi connectivity index (χ0) is 18.0. The molecule has 7 nitrogen and oxygen atoms in total. The lowest BCUT2D eigenvalue weighted by molar-refractivity contribution is 0.0522. The highest BCUT2D eigenvalue weighted by Crippen LogP contribution is 2.38. The summed E-state index contributed by atoms with van der Waals surface area (Å²) in [6.45, 7) is 3.16. The molecule has 2 heterocycles. The molecule has 1 aromatic carbocycles. The summed E-state index contributed by atoms with van der Waals surface area (Å²) in [6, 6.07) is 6.78. The fourth-order valence-electron chi connectivity index (χ4n) is 3.54. The number of nitrogens with zero attached hydrogens (tertiary/aromatic N) is 3. The summed E-state index contributed by atoms with van der Waals surface area (Å²) in [6.07, 6.45) is 0.945. The molecule has 1 aromatic rings. The van der Waals surface area contributed by atoms with Gasteiger partial charge in [0, 0.05) is 30.3 Å². The summed E-state index contributed by atoms with van der Waals surface area (Å²) in [7, 11) is 1.56. The van der Waals surface area contributed by atoms with Gasteiger partial charge >= 0.3 is 6.09 Å². The van der Waals surface area contributed by atoms with Crippen LogP contribution in [0.25, 0.3) is 0 Å². The van der Waals surface area contributed by atoms with E-state index in [-0.39, 0.29) is 18.0 Å². The van der Waals surface area contributed by atoms with Gasteiger partial charge in [-0.15, -0.1) is 0 Å². The quantitative estimate of drug-likeness (QED) is 0.841. The molecule has 0 aliphatic carbocycles. The van der Waals surface area contributed by atoms with Crippen molar-refractivity contribution in [1.29, 1.82) is 5.26 Å². The second-order valence-corrected chi connectivity index (χ2v) is 6.11. The van der Waals surface area contributed by atoms with E-state index in [4.69, 9.17) is 9.47 Å². The number of likely N-dealkylation sites (tertiary alicyclic amines) is 1. The van der Waals surface area contributed by atoms with Crippen LogP contribution in [-0.4, -0.2) is 54.6 Å². The van der Waals surface area contributed by atoms with E-state index in [9.17, 15) is 14.9 Å². The number of methoxy groups -OCH3 is 1. The molecule has 0 spiro atoms. The highest BCUT2D eigenvalue weighted by atomic mass is 16.6. The van der Waals surface area contributed by atoms with Gasteiger partial charge in [-0.05, 0) is 38.0 Å². The van der Waals surface area contributed by atoms with Crippen LogP contribution in [0, 0.1) is 11.3 Å². The molecular weight excluding hydrogens is 322 g/mol. The minimum atomic E-state index is -0.614. The molecule has 2 amide bonds. The maximum atomic E-state index is 12.8. The van der Waals surface area contributed by atoms with Crippen LogP contribution >= 0.6 is 0 Å². The predicted molar refractivity (Wildman–Crippen MR) is 89.1 cm³/mol. The van der Waals surface area contributed by atoms with Crippen LogP contribution in [0.2, 0.25) is 0 Å². The van der Waals surface area contributed by atoms with Crippen molar-refractivity contribution in [3.05, 3.63) is 29.3 Å². The zero-order valence-electron chi connectivity index (χ0n) is 14.4. The third-order valence-corrected chi connectivity index (χ3v) is 4.80. The molecule has 2 aliphatic rings. The normalized spacial score (nSPS) is 20.2. The standard InChI is InChI=1S/C18H21N3O4/c1-3-25-18(23)20-8-6-12(7-9-20)21-16(11-19)15-10-13(24-2)4-5-14(15)17(21)22/h4-5,10,12,16H,3,6-9H2,1-2H3. The number of ether oxygens (including phenoxy) is 2. The molecule has 25 heavy (non-hydrogen) atoms. The van der Waals surface area contributed by atoms with Gasteiger partial charge in [-0.2, -0.15) is 5.26 Å². The Morgan fingerprint density at radius 1 is 1.36 bits per heavy atom. The molecule has 0 radical (unpaired) electrons. The van der Waals surface area contributed by atoms with Gasteiger partial charge in [0.05, 0.1) is 19.8 Å². The second-order valence-electron chi connectivity index (χ2n) is 6.11. The average Bonchev–Trinajstić information content (AvgIpc) is 2.93. The maximum Gasteiger partial charge on any atom is 0.409 e. The Hall–Kier alpha value is -2.75. The van der Waals surface area contributed by atoms with Crippen LogP contribution in [0.3, 0.4) is 0 Å². The monoisotopic (exact) mass is 343 g/mol. The number of carbonyl (C=O) groups excluding carboxylic acids is 2. The van der Waals surface area contributed by atoms with Crippen molar-refractivity contribution >= 4 is 12.0 Å². The molecule has 1 atom stereocenters. The molecule has 2 aliphatic heterocycles. The Kier molecular flexibility index (Phi) is 4.79. The van der Waals surface area contributed by atoms with Crippen LogP contribution in [0.15, 0.2) is 18.2 Å². The number of hydrogen-bond donors (Lipinski definition) is 0. The summed E-state index contributed by atoms with van der Waals surface area (Å²) < 4.78 is 10.2. The molecule has 1 unspecified atom stereocenters. The number of nitriles is 1. The van der Waals surface area contributed by atoms with Crippen LogP contribution in [0.4, 0.5) is 4.79 Å². The third kappa shape index (κ3) is 3.00. The number of piperidine rings is 1. The number of hydrogen-bond acceptors (Lipinski definition) is 5. The Morgan fingerprint density at radius 3 is 2.68 bits per heavy atom. The van der Waals surface area contributed by atoms with Crippen molar-refractivity contribution < 1.29 is 19.1 Å². The minimum Gasteiger partial charge on any atom is -0.497 e. The molecule has 132 valence electrons. The Bertz CT molecular complexity index is 720. The molecule has 0 aromatic heterocycles. The molecule has 1 fully saturated rings. The number of rotatable bonds is 3. The Morgan fingerprint density at radius 2 is 2.08 bits per heavy atom. The van der Waals surface area contributed by atoms with Gasteiger partial charge < -0.3 is 19.3 Å². The molecule has 0 bridgehead atoms. The smallest absolute Gasteiger partial charge is 0.409 e. The molecule has 1 saturated heterocycles. The number of amides is 2. The fraction of sp³-hybridized carbons (Fsp3) is 0.500. The van der Waals surface area contributed by atoms with Crippen molar-refractivity contribution in [3.8, 4) is 11.8 Å². The van der Waals surface area contributed by atoms with Gasteiger partial charge in [0.2, 0.25) is 0 Å². The lowest BCUT2D eigenvalue weighted by Gasteiger charge is -2.37. The third-order valence-electron chi connectivity index (χ3n) is 4.80. The van der Waals surface area contributed by atoms with Crippen LogP contribution in [-0.2, 0) is 4.74 Å². The zero-order valence-corrected chi connectivity index (χ0v) is 14.4. The van der Waals surface area contributed by atoms with Gasteiger partial charge in [-0.25, -0.2) is 4.79 Å². The highest BCUT2D eigenvalue weighted by Gasteiger charge is 2.42. The minimum absolute atomic E-state index is 0.0683. The van der Waals surface area contributed by atoms with Crippen LogP contribution < -0.4 is 4.74 Å². The first-order chi connectivity index (χ1) is 12.1. The van der Waals surface area contributed by atoms with Crippen molar-refractivity contribution in [2.75, 3.05) is 26.8 Å². The summed E-state index contributed by atoms with van der Waals surface area (Å²) in [4.78, 5) is 27.9. The van der Waals surface area contributed by atoms with E-state index >= 15 is 0 Å². The Balaban J connectivity index is 1.77. The largest absolute Gasteiger partial charge is 0.497 e. The second kappa shape index (κ2) is 7.01. The molecular formula is C18H21N3O4. The number of carbonyl (C=O) groups is 2. The van der Waals surface area contributed by atoms with Gasteiger partial charge in [0.15, 0.2) is 0 Å². The summed E-state index contributed by atoms with van der Waals surface area (Å²) >= 11 is 0. The van der Waals surface area contributed by atoms with E-state index in [0.29, 0.717) is 49.4 Å². The lowest BCUT2D eigenvalue weighted by Crippen LogP contribution is -2.47. The SMILES string of the molecule is CCOC(=O)N1CCC(N2C(=O)c3ccc(OC)cc3C2C#N)CC1. The van der Waals surface area contributed by atoms with E-state index in [2.05, 4.69) is 6.07 Å². The maximum absolute atomic E-state index is 12.8. The van der Waals surface area contributed by atoms with Crippen LogP contribution in [0.5, 0.6) is 5.75 Å². The first-order valence-corrected chi connectivity index (χ1v) is 8.42. The molecule has 0 N–H and O–H groups in total. The number of fused-ring (bicyclic) bond motifs is 1. The van der Waals surface area contributed by atoms with E-state index in [0.717, 1.165) is 0 Å². The van der Waals surface area contributed by atoms with E-state index < -0.39 is 6.04 Å². The molecule has 0 saturated carbocycles. The van der Waals surface area contributed by atoms with Gasteiger partial charge in [0.1, 0.15) is 11.8 Å². The predicted octanol–water partition coefficient (Wildman–Crippen LogP) is 2.34. The average molecular weight is 343 g/mol. The highest BCUT2D eigenvalue weighted by molar-refractivity contribution is 6.00. The van der Waals surface area contributed by atoms with E-state index in [1.807, 2.05) is 0 Å². The van der Waals surface area contributed by atoms with Crippen molar-refractivity contribution in [2.45, 2.75) is 31.8 Å². The van der Waals surface area contributed by atoms with Crippen LogP contribution in [0.1, 0.15) is 41.7 Å². The summed E-state index contributed by atoms with van der Waals surface area (Å²) in [5.74, 6) is 0.504. The van der Waals surface area contributed by atoms with Gasteiger partial charge in [0.25, 0.3) is 5.91 Å².